The van der Waals surface area contributed by atoms with Crippen molar-refractivity contribution < 1.29 is 4.39 Å². The first-order valence-electron chi connectivity index (χ1n) is 7.80. The summed E-state index contributed by atoms with van der Waals surface area (Å²) in [6.45, 7) is 6.12. The predicted molar refractivity (Wildman–Crippen MR) is 90.8 cm³/mol. The standard InChI is InChI=1S/C17H25FN4/c1-12(2)6-8-20-17(19-3)21-9-7-13-11-22-16-10-14(18)4-5-15(13)16/h4-5,10-12,22H,6-9H2,1-3H3,(H2,19,20,21). The van der Waals surface area contributed by atoms with E-state index in [1.165, 1.54) is 17.7 Å². The number of fused-ring (bicyclic) bond motifs is 1. The lowest BCUT2D eigenvalue weighted by molar-refractivity contribution is 0.573. The summed E-state index contributed by atoms with van der Waals surface area (Å²) < 4.78 is 13.2. The van der Waals surface area contributed by atoms with E-state index in [1.54, 1.807) is 7.05 Å². The molecule has 2 aromatic rings. The van der Waals surface area contributed by atoms with Crippen LogP contribution in [0.3, 0.4) is 0 Å². The van der Waals surface area contributed by atoms with Gasteiger partial charge in [0.05, 0.1) is 0 Å². The molecule has 0 radical (unpaired) electrons. The van der Waals surface area contributed by atoms with E-state index in [-0.39, 0.29) is 5.82 Å². The molecule has 0 spiro atoms. The summed E-state index contributed by atoms with van der Waals surface area (Å²) in [7, 11) is 1.78. The van der Waals surface area contributed by atoms with Crippen molar-refractivity contribution in [1.82, 2.24) is 15.6 Å². The molecule has 0 atom stereocenters. The maximum absolute atomic E-state index is 13.2. The molecule has 0 aliphatic heterocycles. The quantitative estimate of drug-likeness (QED) is 0.567. The van der Waals surface area contributed by atoms with Crippen LogP contribution in [0.4, 0.5) is 4.39 Å². The van der Waals surface area contributed by atoms with Crippen molar-refractivity contribution in [2.45, 2.75) is 26.7 Å². The van der Waals surface area contributed by atoms with Gasteiger partial charge < -0.3 is 15.6 Å². The first kappa shape index (κ1) is 16.3. The minimum atomic E-state index is -0.214. The number of aromatic amines is 1. The van der Waals surface area contributed by atoms with E-state index >= 15 is 0 Å². The minimum Gasteiger partial charge on any atom is -0.361 e. The summed E-state index contributed by atoms with van der Waals surface area (Å²) in [6, 6.07) is 4.85. The van der Waals surface area contributed by atoms with E-state index in [2.05, 4.69) is 34.5 Å². The van der Waals surface area contributed by atoms with Gasteiger partial charge in [0.15, 0.2) is 5.96 Å². The molecule has 3 N–H and O–H groups in total. The van der Waals surface area contributed by atoms with Gasteiger partial charge in [-0.2, -0.15) is 0 Å². The second-order valence-electron chi connectivity index (χ2n) is 5.86. The second-order valence-corrected chi connectivity index (χ2v) is 5.86. The number of hydrogen-bond acceptors (Lipinski definition) is 1. The van der Waals surface area contributed by atoms with Gasteiger partial charge in [-0.1, -0.05) is 13.8 Å². The van der Waals surface area contributed by atoms with E-state index in [1.807, 2.05) is 12.3 Å². The maximum atomic E-state index is 13.2. The van der Waals surface area contributed by atoms with Crippen molar-refractivity contribution in [1.29, 1.82) is 0 Å². The zero-order valence-electron chi connectivity index (χ0n) is 13.5. The Morgan fingerprint density at radius 1 is 1.27 bits per heavy atom. The van der Waals surface area contributed by atoms with Crippen molar-refractivity contribution in [2.24, 2.45) is 10.9 Å². The van der Waals surface area contributed by atoms with Crippen LogP contribution < -0.4 is 10.6 Å². The van der Waals surface area contributed by atoms with Crippen molar-refractivity contribution in [3.63, 3.8) is 0 Å². The van der Waals surface area contributed by atoms with Gasteiger partial charge in [-0.3, -0.25) is 4.99 Å². The second kappa shape index (κ2) is 7.82. The summed E-state index contributed by atoms with van der Waals surface area (Å²) in [5.41, 5.74) is 2.02. The van der Waals surface area contributed by atoms with Crippen LogP contribution >= 0.6 is 0 Å². The van der Waals surface area contributed by atoms with E-state index in [9.17, 15) is 4.39 Å². The summed E-state index contributed by atoms with van der Waals surface area (Å²) in [5, 5.41) is 7.69. The number of H-pyrrole nitrogens is 1. The number of aromatic nitrogens is 1. The number of nitrogens with zero attached hydrogens (tertiary/aromatic N) is 1. The molecule has 0 amide bonds. The molecule has 0 aliphatic carbocycles. The number of guanidine groups is 1. The average Bonchev–Trinajstić information content (AvgIpc) is 2.87. The van der Waals surface area contributed by atoms with E-state index < -0.39 is 0 Å². The van der Waals surface area contributed by atoms with Gasteiger partial charge in [0.25, 0.3) is 0 Å². The number of aliphatic imine (C=N–C) groups is 1. The topological polar surface area (TPSA) is 52.2 Å². The number of rotatable bonds is 6. The number of hydrogen-bond donors (Lipinski definition) is 3. The summed E-state index contributed by atoms with van der Waals surface area (Å²) in [5.74, 6) is 1.29. The highest BCUT2D eigenvalue weighted by Gasteiger charge is 2.05. The van der Waals surface area contributed by atoms with Crippen LogP contribution in [0.1, 0.15) is 25.8 Å². The third-order valence-electron chi connectivity index (χ3n) is 3.65. The van der Waals surface area contributed by atoms with Crippen molar-refractivity contribution >= 4 is 16.9 Å². The number of halogens is 1. The SMILES string of the molecule is CN=C(NCCc1c[nH]c2cc(F)ccc12)NCCC(C)C. The van der Waals surface area contributed by atoms with Gasteiger partial charge in [0.1, 0.15) is 5.82 Å². The monoisotopic (exact) mass is 304 g/mol. The van der Waals surface area contributed by atoms with Gasteiger partial charge in [-0.05, 0) is 42.5 Å². The molecule has 1 heterocycles. The fourth-order valence-electron chi connectivity index (χ4n) is 2.38. The van der Waals surface area contributed by atoms with Crippen LogP contribution in [0.2, 0.25) is 0 Å². The van der Waals surface area contributed by atoms with Crippen molar-refractivity contribution in [3.8, 4) is 0 Å². The third kappa shape index (κ3) is 4.48. The van der Waals surface area contributed by atoms with Gasteiger partial charge in [0.2, 0.25) is 0 Å². The Hall–Kier alpha value is -2.04. The highest BCUT2D eigenvalue weighted by atomic mass is 19.1. The molecule has 0 fully saturated rings. The molecular weight excluding hydrogens is 279 g/mol. The molecule has 0 aliphatic rings. The Balaban J connectivity index is 1.84. The average molecular weight is 304 g/mol. The Morgan fingerprint density at radius 3 is 2.77 bits per heavy atom. The van der Waals surface area contributed by atoms with Crippen LogP contribution in [0, 0.1) is 11.7 Å². The molecule has 5 heteroatoms. The molecule has 0 bridgehead atoms. The molecular formula is C17H25FN4. The molecule has 0 unspecified atom stereocenters. The predicted octanol–water partition coefficient (Wildman–Crippen LogP) is 3.06. The van der Waals surface area contributed by atoms with Crippen LogP contribution in [0.15, 0.2) is 29.4 Å². The van der Waals surface area contributed by atoms with Gasteiger partial charge in [-0.25, -0.2) is 4.39 Å². The van der Waals surface area contributed by atoms with Crippen LogP contribution in [-0.4, -0.2) is 31.1 Å². The highest BCUT2D eigenvalue weighted by Crippen LogP contribution is 2.19. The smallest absolute Gasteiger partial charge is 0.190 e. The number of nitrogens with one attached hydrogen (secondary N) is 3. The summed E-state index contributed by atoms with van der Waals surface area (Å²) in [4.78, 5) is 7.33. The Morgan fingerprint density at radius 2 is 2.05 bits per heavy atom. The molecule has 1 aromatic heterocycles. The zero-order valence-corrected chi connectivity index (χ0v) is 13.5. The normalized spacial score (nSPS) is 12.1. The minimum absolute atomic E-state index is 0.214. The molecule has 2 rings (SSSR count). The Kier molecular flexibility index (Phi) is 5.81. The highest BCUT2D eigenvalue weighted by molar-refractivity contribution is 5.83. The Bertz CT molecular complexity index is 631. The maximum Gasteiger partial charge on any atom is 0.190 e. The fourth-order valence-corrected chi connectivity index (χ4v) is 2.38. The van der Waals surface area contributed by atoms with Gasteiger partial charge in [-0.15, -0.1) is 0 Å². The van der Waals surface area contributed by atoms with E-state index in [0.29, 0.717) is 5.92 Å². The molecule has 4 nitrogen and oxygen atoms in total. The molecule has 0 saturated carbocycles. The third-order valence-corrected chi connectivity index (χ3v) is 3.65. The lowest BCUT2D eigenvalue weighted by Gasteiger charge is -2.12. The summed E-state index contributed by atoms with van der Waals surface area (Å²) >= 11 is 0. The first-order valence-corrected chi connectivity index (χ1v) is 7.80. The molecule has 1 aromatic carbocycles. The van der Waals surface area contributed by atoms with E-state index in [0.717, 1.165) is 42.8 Å². The largest absolute Gasteiger partial charge is 0.361 e. The van der Waals surface area contributed by atoms with Crippen molar-refractivity contribution in [2.75, 3.05) is 20.1 Å². The van der Waals surface area contributed by atoms with Crippen LogP contribution in [-0.2, 0) is 6.42 Å². The van der Waals surface area contributed by atoms with E-state index in [4.69, 9.17) is 0 Å². The molecule has 120 valence electrons. The van der Waals surface area contributed by atoms with Gasteiger partial charge in [0, 0.05) is 37.2 Å². The van der Waals surface area contributed by atoms with Crippen LogP contribution in [0.25, 0.3) is 10.9 Å². The first-order chi connectivity index (χ1) is 10.6. The number of benzene rings is 1. The van der Waals surface area contributed by atoms with Crippen LogP contribution in [0.5, 0.6) is 0 Å². The lowest BCUT2D eigenvalue weighted by atomic mass is 10.1. The fraction of sp³-hybridized carbons (Fsp3) is 0.471. The lowest BCUT2D eigenvalue weighted by Crippen LogP contribution is -2.39. The molecule has 0 saturated heterocycles. The summed E-state index contributed by atoms with van der Waals surface area (Å²) in [6.07, 6.45) is 3.92. The molecule has 22 heavy (non-hydrogen) atoms. The zero-order chi connectivity index (χ0) is 15.9. The van der Waals surface area contributed by atoms with Crippen molar-refractivity contribution in [3.05, 3.63) is 35.8 Å². The van der Waals surface area contributed by atoms with Gasteiger partial charge >= 0.3 is 0 Å². The Labute approximate surface area is 131 Å².